The Labute approximate surface area is 131 Å². The first-order valence-corrected chi connectivity index (χ1v) is 6.88. The van der Waals surface area contributed by atoms with Gasteiger partial charge < -0.3 is 9.84 Å². The van der Waals surface area contributed by atoms with Gasteiger partial charge in [0.15, 0.2) is 11.6 Å². The maximum atomic E-state index is 13.7. The van der Waals surface area contributed by atoms with Gasteiger partial charge in [-0.3, -0.25) is 4.98 Å². The molecule has 0 radical (unpaired) electrons. The number of halogens is 1. The number of hydrogen-bond acceptors (Lipinski definition) is 6. The van der Waals surface area contributed by atoms with E-state index < -0.39 is 11.9 Å². The lowest BCUT2D eigenvalue weighted by Crippen LogP contribution is -2.12. The van der Waals surface area contributed by atoms with Crippen LogP contribution in [0.3, 0.4) is 0 Å². The SMILES string of the molecule is COc1ccc(C(O)Cn2nnnc2-c2ccccn2)cc1F. The Balaban J connectivity index is 1.83. The van der Waals surface area contributed by atoms with Crippen LogP contribution >= 0.6 is 0 Å². The molecule has 0 aliphatic rings. The van der Waals surface area contributed by atoms with Crippen LogP contribution in [-0.4, -0.2) is 37.4 Å². The zero-order valence-electron chi connectivity index (χ0n) is 12.3. The number of methoxy groups -OCH3 is 1. The summed E-state index contributed by atoms with van der Waals surface area (Å²) in [4.78, 5) is 4.18. The number of hydrogen-bond donors (Lipinski definition) is 1. The molecule has 2 heterocycles. The quantitative estimate of drug-likeness (QED) is 0.770. The molecule has 1 unspecified atom stereocenters. The molecule has 0 fully saturated rings. The second-order valence-electron chi connectivity index (χ2n) is 4.81. The lowest BCUT2D eigenvalue weighted by molar-refractivity contribution is 0.150. The highest BCUT2D eigenvalue weighted by Gasteiger charge is 2.16. The highest BCUT2D eigenvalue weighted by Crippen LogP contribution is 2.23. The van der Waals surface area contributed by atoms with Crippen molar-refractivity contribution >= 4 is 0 Å². The number of aliphatic hydroxyl groups excluding tert-OH is 1. The van der Waals surface area contributed by atoms with E-state index in [0.29, 0.717) is 17.1 Å². The van der Waals surface area contributed by atoms with E-state index in [-0.39, 0.29) is 12.3 Å². The zero-order valence-corrected chi connectivity index (χ0v) is 12.3. The Morgan fingerprint density at radius 2 is 2.17 bits per heavy atom. The third kappa shape index (κ3) is 3.16. The average Bonchev–Trinajstić information content (AvgIpc) is 3.03. The van der Waals surface area contributed by atoms with Crippen molar-refractivity contribution in [3.63, 3.8) is 0 Å². The summed E-state index contributed by atoms with van der Waals surface area (Å²) >= 11 is 0. The molecule has 8 heteroatoms. The number of aromatic nitrogens is 5. The lowest BCUT2D eigenvalue weighted by Gasteiger charge is -2.13. The molecule has 0 spiro atoms. The van der Waals surface area contributed by atoms with Crippen LogP contribution in [0, 0.1) is 5.82 Å². The Hall–Kier alpha value is -2.87. The molecule has 23 heavy (non-hydrogen) atoms. The molecule has 0 saturated heterocycles. The van der Waals surface area contributed by atoms with Crippen LogP contribution in [0.2, 0.25) is 0 Å². The van der Waals surface area contributed by atoms with E-state index in [2.05, 4.69) is 20.5 Å². The molecule has 0 amide bonds. The Morgan fingerprint density at radius 3 is 2.87 bits per heavy atom. The maximum absolute atomic E-state index is 13.7. The number of pyridine rings is 1. The third-order valence-corrected chi connectivity index (χ3v) is 3.33. The van der Waals surface area contributed by atoms with Crippen LogP contribution in [-0.2, 0) is 6.54 Å². The van der Waals surface area contributed by atoms with Gasteiger partial charge >= 0.3 is 0 Å². The van der Waals surface area contributed by atoms with Crippen LogP contribution in [0.25, 0.3) is 11.5 Å². The van der Waals surface area contributed by atoms with Crippen LogP contribution in [0.15, 0.2) is 42.6 Å². The van der Waals surface area contributed by atoms with Crippen molar-refractivity contribution in [3.8, 4) is 17.3 Å². The van der Waals surface area contributed by atoms with Crippen LogP contribution in [0.1, 0.15) is 11.7 Å². The fourth-order valence-electron chi connectivity index (χ4n) is 2.17. The van der Waals surface area contributed by atoms with Crippen molar-refractivity contribution < 1.29 is 14.2 Å². The van der Waals surface area contributed by atoms with Crippen LogP contribution in [0.5, 0.6) is 5.75 Å². The lowest BCUT2D eigenvalue weighted by atomic mass is 10.1. The summed E-state index contributed by atoms with van der Waals surface area (Å²) in [6, 6.07) is 9.66. The maximum Gasteiger partial charge on any atom is 0.200 e. The van der Waals surface area contributed by atoms with Crippen molar-refractivity contribution in [1.29, 1.82) is 0 Å². The third-order valence-electron chi connectivity index (χ3n) is 3.33. The molecule has 3 aromatic rings. The molecule has 0 aliphatic heterocycles. The summed E-state index contributed by atoms with van der Waals surface area (Å²) in [7, 11) is 1.38. The van der Waals surface area contributed by atoms with Crippen molar-refractivity contribution in [3.05, 3.63) is 54.0 Å². The molecule has 1 N–H and O–H groups in total. The van der Waals surface area contributed by atoms with Gasteiger partial charge in [-0.15, -0.1) is 5.10 Å². The number of ether oxygens (including phenoxy) is 1. The van der Waals surface area contributed by atoms with Gasteiger partial charge in [0, 0.05) is 6.20 Å². The number of tetrazole rings is 1. The van der Waals surface area contributed by atoms with Gasteiger partial charge in [0.05, 0.1) is 19.8 Å². The predicted molar refractivity (Wildman–Crippen MR) is 79.0 cm³/mol. The second-order valence-corrected chi connectivity index (χ2v) is 4.81. The first kappa shape index (κ1) is 15.0. The normalized spacial score (nSPS) is 12.1. The molecule has 1 aromatic carbocycles. The molecule has 0 saturated carbocycles. The summed E-state index contributed by atoms with van der Waals surface area (Å²) in [5.74, 6) is 0.0156. The minimum atomic E-state index is -0.971. The monoisotopic (exact) mass is 315 g/mol. The van der Waals surface area contributed by atoms with Gasteiger partial charge in [0.1, 0.15) is 5.69 Å². The summed E-state index contributed by atoms with van der Waals surface area (Å²) in [5.41, 5.74) is 0.997. The average molecular weight is 315 g/mol. The molecule has 3 rings (SSSR count). The van der Waals surface area contributed by atoms with Gasteiger partial charge in [0.25, 0.3) is 0 Å². The second kappa shape index (κ2) is 6.49. The molecular weight excluding hydrogens is 301 g/mol. The minimum absolute atomic E-state index is 0.0741. The van der Waals surface area contributed by atoms with E-state index in [0.717, 1.165) is 0 Å². The number of rotatable bonds is 5. The first-order chi connectivity index (χ1) is 11.2. The van der Waals surface area contributed by atoms with Gasteiger partial charge in [-0.1, -0.05) is 12.1 Å². The van der Waals surface area contributed by atoms with Crippen molar-refractivity contribution in [2.45, 2.75) is 12.6 Å². The van der Waals surface area contributed by atoms with Crippen LogP contribution in [0.4, 0.5) is 4.39 Å². The zero-order chi connectivity index (χ0) is 16.2. The van der Waals surface area contributed by atoms with Gasteiger partial charge in [0.2, 0.25) is 5.82 Å². The van der Waals surface area contributed by atoms with E-state index in [1.807, 2.05) is 6.07 Å². The summed E-state index contributed by atoms with van der Waals surface area (Å²) in [6.07, 6.45) is 0.658. The number of benzene rings is 1. The van der Waals surface area contributed by atoms with Crippen molar-refractivity contribution in [1.82, 2.24) is 25.2 Å². The summed E-state index contributed by atoms with van der Waals surface area (Å²) < 4.78 is 20.0. The summed E-state index contributed by atoms with van der Waals surface area (Å²) in [5, 5.41) is 21.7. The smallest absolute Gasteiger partial charge is 0.200 e. The molecule has 7 nitrogen and oxygen atoms in total. The minimum Gasteiger partial charge on any atom is -0.494 e. The van der Waals surface area contributed by atoms with Crippen molar-refractivity contribution in [2.24, 2.45) is 0 Å². The van der Waals surface area contributed by atoms with E-state index in [1.165, 1.54) is 23.9 Å². The van der Waals surface area contributed by atoms with Gasteiger partial charge in [-0.05, 0) is 40.3 Å². The molecule has 0 bridgehead atoms. The highest BCUT2D eigenvalue weighted by atomic mass is 19.1. The fraction of sp³-hybridized carbons (Fsp3) is 0.200. The standard InChI is InChI=1S/C15H14FN5O2/c1-23-14-6-5-10(8-11(14)16)13(22)9-21-15(18-19-20-21)12-4-2-3-7-17-12/h2-8,13,22H,9H2,1H3. The van der Waals surface area contributed by atoms with E-state index in [1.54, 1.807) is 24.4 Å². The Kier molecular flexibility index (Phi) is 4.24. The highest BCUT2D eigenvalue weighted by molar-refractivity contribution is 5.47. The Bertz CT molecular complexity index is 794. The largest absolute Gasteiger partial charge is 0.494 e. The van der Waals surface area contributed by atoms with E-state index in [4.69, 9.17) is 4.74 Å². The predicted octanol–water partition coefficient (Wildman–Crippen LogP) is 1.62. The fourth-order valence-corrected chi connectivity index (χ4v) is 2.17. The molecule has 118 valence electrons. The first-order valence-electron chi connectivity index (χ1n) is 6.88. The van der Waals surface area contributed by atoms with Gasteiger partial charge in [-0.2, -0.15) is 0 Å². The van der Waals surface area contributed by atoms with Crippen LogP contribution < -0.4 is 4.74 Å². The molecule has 1 atom stereocenters. The Morgan fingerprint density at radius 1 is 1.30 bits per heavy atom. The van der Waals surface area contributed by atoms with Gasteiger partial charge in [-0.25, -0.2) is 9.07 Å². The molecular formula is C15H14FN5O2. The van der Waals surface area contributed by atoms with Crippen molar-refractivity contribution in [2.75, 3.05) is 7.11 Å². The topological polar surface area (TPSA) is 86.0 Å². The summed E-state index contributed by atoms with van der Waals surface area (Å²) in [6.45, 7) is 0.0741. The van der Waals surface area contributed by atoms with E-state index >= 15 is 0 Å². The molecule has 2 aromatic heterocycles. The molecule has 0 aliphatic carbocycles. The van der Waals surface area contributed by atoms with E-state index in [9.17, 15) is 9.50 Å². The number of aliphatic hydroxyl groups is 1. The number of nitrogens with zero attached hydrogens (tertiary/aromatic N) is 5.